The predicted octanol–water partition coefficient (Wildman–Crippen LogP) is 3.77. The standard InChI is InChI=1S/C24H24N2O5S2/c1-16-7-6-8-17(13-16)14-21(27)26-12-11-19-20(15-26)32-24(22(19)23(28)31-2)33(29,30)25-18-9-4-3-5-10-18/h3-10,13,25H,11-12,14-15H2,1-2H3. The van der Waals surface area contributed by atoms with Gasteiger partial charge in [-0.05, 0) is 36.6 Å². The Bertz CT molecular complexity index is 1300. The third-order valence-electron chi connectivity index (χ3n) is 5.47. The number of anilines is 1. The molecule has 1 aliphatic rings. The van der Waals surface area contributed by atoms with E-state index in [-0.39, 0.29) is 28.6 Å². The molecule has 172 valence electrons. The molecular weight excluding hydrogens is 460 g/mol. The van der Waals surface area contributed by atoms with Gasteiger partial charge in [-0.15, -0.1) is 11.3 Å². The van der Waals surface area contributed by atoms with E-state index in [2.05, 4.69) is 4.72 Å². The summed E-state index contributed by atoms with van der Waals surface area (Å²) in [5.41, 5.74) is 3.12. The third-order valence-corrected chi connectivity index (χ3v) is 8.59. The number of nitrogens with one attached hydrogen (secondary N) is 1. The third kappa shape index (κ3) is 4.94. The van der Waals surface area contributed by atoms with Crippen LogP contribution in [0.1, 0.15) is 31.9 Å². The molecule has 0 saturated carbocycles. The van der Waals surface area contributed by atoms with Crippen LogP contribution in [0.15, 0.2) is 58.8 Å². The molecule has 3 aromatic rings. The lowest BCUT2D eigenvalue weighted by Gasteiger charge is -2.27. The Morgan fingerprint density at radius 2 is 1.88 bits per heavy atom. The second-order valence-electron chi connectivity index (χ2n) is 7.86. The van der Waals surface area contributed by atoms with Crippen LogP contribution < -0.4 is 4.72 Å². The highest BCUT2D eigenvalue weighted by molar-refractivity contribution is 7.94. The van der Waals surface area contributed by atoms with Crippen molar-refractivity contribution in [2.45, 2.75) is 30.5 Å². The van der Waals surface area contributed by atoms with E-state index in [1.165, 1.54) is 7.11 Å². The number of carbonyl (C=O) groups excluding carboxylic acids is 2. The maximum absolute atomic E-state index is 13.2. The summed E-state index contributed by atoms with van der Waals surface area (Å²) < 4.78 is 33.7. The van der Waals surface area contributed by atoms with Crippen LogP contribution in [-0.2, 0) is 38.9 Å². The van der Waals surface area contributed by atoms with Gasteiger partial charge in [-0.1, -0.05) is 48.0 Å². The van der Waals surface area contributed by atoms with E-state index < -0.39 is 16.0 Å². The molecule has 2 heterocycles. The summed E-state index contributed by atoms with van der Waals surface area (Å²) in [6.45, 7) is 2.64. The topological polar surface area (TPSA) is 92.8 Å². The van der Waals surface area contributed by atoms with Crippen LogP contribution in [-0.4, -0.2) is 38.8 Å². The first-order valence-electron chi connectivity index (χ1n) is 10.4. The number of esters is 1. The molecule has 0 bridgehead atoms. The lowest BCUT2D eigenvalue weighted by atomic mass is 10.0. The van der Waals surface area contributed by atoms with Crippen molar-refractivity contribution in [3.8, 4) is 0 Å². The number of sulfonamides is 1. The minimum Gasteiger partial charge on any atom is -0.465 e. The summed E-state index contributed by atoms with van der Waals surface area (Å²) in [5, 5.41) is 0. The average Bonchev–Trinajstić information content (AvgIpc) is 3.19. The van der Waals surface area contributed by atoms with Gasteiger partial charge in [0.25, 0.3) is 10.0 Å². The lowest BCUT2D eigenvalue weighted by molar-refractivity contribution is -0.131. The maximum Gasteiger partial charge on any atom is 0.340 e. The van der Waals surface area contributed by atoms with E-state index in [0.29, 0.717) is 29.1 Å². The normalized spacial score (nSPS) is 13.3. The van der Waals surface area contributed by atoms with Gasteiger partial charge in [-0.2, -0.15) is 0 Å². The number of nitrogens with zero attached hydrogens (tertiary/aromatic N) is 1. The molecule has 0 saturated heterocycles. The molecule has 0 unspecified atom stereocenters. The fourth-order valence-electron chi connectivity index (χ4n) is 3.91. The van der Waals surface area contributed by atoms with E-state index >= 15 is 0 Å². The number of para-hydroxylation sites is 1. The molecule has 1 aliphatic heterocycles. The van der Waals surface area contributed by atoms with E-state index in [1.807, 2.05) is 31.2 Å². The molecule has 1 amide bonds. The van der Waals surface area contributed by atoms with Gasteiger partial charge >= 0.3 is 5.97 Å². The fraction of sp³-hybridized carbons (Fsp3) is 0.250. The molecule has 33 heavy (non-hydrogen) atoms. The monoisotopic (exact) mass is 484 g/mol. The molecule has 2 aromatic carbocycles. The number of fused-ring (bicyclic) bond motifs is 1. The molecule has 1 aromatic heterocycles. The Hall–Kier alpha value is -3.17. The molecule has 0 fully saturated rings. The van der Waals surface area contributed by atoms with Crippen LogP contribution in [0, 0.1) is 6.92 Å². The second-order valence-corrected chi connectivity index (χ2v) is 10.8. The number of rotatable bonds is 6. The lowest BCUT2D eigenvalue weighted by Crippen LogP contribution is -2.36. The van der Waals surface area contributed by atoms with E-state index in [0.717, 1.165) is 22.5 Å². The zero-order valence-electron chi connectivity index (χ0n) is 18.3. The first-order valence-corrected chi connectivity index (χ1v) is 12.7. The zero-order chi connectivity index (χ0) is 23.6. The van der Waals surface area contributed by atoms with Crippen LogP contribution in [0.2, 0.25) is 0 Å². The summed E-state index contributed by atoms with van der Waals surface area (Å²) >= 11 is 1.02. The predicted molar refractivity (Wildman–Crippen MR) is 127 cm³/mol. The molecule has 1 N–H and O–H groups in total. The first kappa shape index (κ1) is 23.0. The van der Waals surface area contributed by atoms with Gasteiger partial charge in [-0.25, -0.2) is 13.2 Å². The van der Waals surface area contributed by atoms with Crippen LogP contribution in [0.5, 0.6) is 0 Å². The maximum atomic E-state index is 13.2. The SMILES string of the molecule is COC(=O)c1c(S(=O)(=O)Nc2ccccc2)sc2c1CCN(C(=O)Cc1cccc(C)c1)C2. The Kier molecular flexibility index (Phi) is 6.53. The van der Waals surface area contributed by atoms with Crippen LogP contribution in [0.4, 0.5) is 5.69 Å². The van der Waals surface area contributed by atoms with E-state index in [9.17, 15) is 18.0 Å². The first-order chi connectivity index (χ1) is 15.8. The van der Waals surface area contributed by atoms with Crippen molar-refractivity contribution in [2.75, 3.05) is 18.4 Å². The van der Waals surface area contributed by atoms with Crippen LogP contribution >= 0.6 is 11.3 Å². The van der Waals surface area contributed by atoms with Gasteiger partial charge < -0.3 is 9.64 Å². The zero-order valence-corrected chi connectivity index (χ0v) is 20.0. The Labute approximate surface area is 197 Å². The molecule has 9 heteroatoms. The second kappa shape index (κ2) is 9.36. The number of thiophene rings is 1. The number of benzene rings is 2. The number of hydrogen-bond acceptors (Lipinski definition) is 6. The molecular formula is C24H24N2O5S2. The van der Waals surface area contributed by atoms with Crippen molar-refractivity contribution in [3.05, 3.63) is 81.7 Å². The van der Waals surface area contributed by atoms with Crippen LogP contribution in [0.25, 0.3) is 0 Å². The number of carbonyl (C=O) groups is 2. The molecule has 7 nitrogen and oxygen atoms in total. The van der Waals surface area contributed by atoms with Crippen molar-refractivity contribution >= 4 is 38.9 Å². The van der Waals surface area contributed by atoms with Gasteiger partial charge in [0.05, 0.1) is 25.6 Å². The Morgan fingerprint density at radius 3 is 2.58 bits per heavy atom. The fourth-order valence-corrected chi connectivity index (χ4v) is 6.87. The summed E-state index contributed by atoms with van der Waals surface area (Å²) in [5.74, 6) is -0.730. The Balaban J connectivity index is 1.62. The molecule has 0 atom stereocenters. The van der Waals surface area contributed by atoms with Gasteiger partial charge in [-0.3, -0.25) is 9.52 Å². The summed E-state index contributed by atoms with van der Waals surface area (Å²) in [7, 11) is -2.79. The Morgan fingerprint density at radius 1 is 1.12 bits per heavy atom. The summed E-state index contributed by atoms with van der Waals surface area (Å²) in [6, 6.07) is 16.3. The van der Waals surface area contributed by atoms with E-state index in [1.54, 1.807) is 35.2 Å². The molecule has 4 rings (SSSR count). The highest BCUT2D eigenvalue weighted by Crippen LogP contribution is 2.37. The van der Waals surface area contributed by atoms with Gasteiger partial charge in [0, 0.05) is 17.1 Å². The summed E-state index contributed by atoms with van der Waals surface area (Å²) in [6.07, 6.45) is 0.656. The van der Waals surface area contributed by atoms with Crippen LogP contribution in [0.3, 0.4) is 0 Å². The highest BCUT2D eigenvalue weighted by atomic mass is 32.2. The minimum atomic E-state index is -4.02. The number of aryl methyl sites for hydroxylation is 1. The van der Waals surface area contributed by atoms with Crippen molar-refractivity contribution in [2.24, 2.45) is 0 Å². The van der Waals surface area contributed by atoms with Gasteiger partial charge in [0.1, 0.15) is 0 Å². The number of methoxy groups -OCH3 is 1. The molecule has 0 aliphatic carbocycles. The van der Waals surface area contributed by atoms with Gasteiger partial charge in [0.2, 0.25) is 5.91 Å². The largest absolute Gasteiger partial charge is 0.465 e. The average molecular weight is 485 g/mol. The highest BCUT2D eigenvalue weighted by Gasteiger charge is 2.35. The number of amides is 1. The van der Waals surface area contributed by atoms with Crippen molar-refractivity contribution in [1.29, 1.82) is 0 Å². The van der Waals surface area contributed by atoms with Crippen molar-refractivity contribution in [1.82, 2.24) is 4.90 Å². The van der Waals surface area contributed by atoms with E-state index in [4.69, 9.17) is 4.74 Å². The van der Waals surface area contributed by atoms with Gasteiger partial charge in [0.15, 0.2) is 4.21 Å². The summed E-state index contributed by atoms with van der Waals surface area (Å²) in [4.78, 5) is 27.9. The minimum absolute atomic E-state index is 0.0360. The number of ether oxygens (including phenoxy) is 1. The smallest absolute Gasteiger partial charge is 0.340 e. The van der Waals surface area contributed by atoms with Crippen molar-refractivity contribution < 1.29 is 22.7 Å². The molecule has 0 spiro atoms. The number of hydrogen-bond donors (Lipinski definition) is 1. The van der Waals surface area contributed by atoms with Crippen molar-refractivity contribution in [3.63, 3.8) is 0 Å². The quantitative estimate of drug-likeness (QED) is 0.538. The molecule has 0 radical (unpaired) electrons.